The maximum absolute atomic E-state index is 12.5. The van der Waals surface area contributed by atoms with Crippen molar-refractivity contribution in [2.45, 2.75) is 12.8 Å². The number of carbonyl (C=O) groups excluding carboxylic acids is 2. The zero-order valence-corrected chi connectivity index (χ0v) is 21.9. The van der Waals surface area contributed by atoms with Gasteiger partial charge in [0, 0.05) is 43.9 Å². The number of carbonyl (C=O) groups is 2. The third-order valence-corrected chi connectivity index (χ3v) is 6.33. The van der Waals surface area contributed by atoms with Gasteiger partial charge in [0.05, 0.1) is 12.8 Å². The molecule has 1 saturated heterocycles. The second-order valence-corrected chi connectivity index (χ2v) is 8.74. The number of methoxy groups -OCH3 is 1. The number of nitrogens with one attached hydrogen (secondary N) is 1. The predicted octanol–water partition coefficient (Wildman–Crippen LogP) is 5.04. The van der Waals surface area contributed by atoms with Crippen LogP contribution in [0.3, 0.4) is 0 Å². The molecule has 0 spiro atoms. The highest BCUT2D eigenvalue weighted by Crippen LogP contribution is 2.28. The van der Waals surface area contributed by atoms with E-state index in [1.807, 2.05) is 36.4 Å². The first-order chi connectivity index (χ1) is 17.6. The number of halogens is 1. The summed E-state index contributed by atoms with van der Waals surface area (Å²) in [7, 11) is 1.71. The van der Waals surface area contributed by atoms with E-state index < -0.39 is 6.09 Å². The quantitative estimate of drug-likeness (QED) is 0.296. The Morgan fingerprint density at radius 2 is 1.46 bits per heavy atom. The zero-order chi connectivity index (χ0) is 25.2. The van der Waals surface area contributed by atoms with Crippen LogP contribution in [0.4, 0.5) is 10.5 Å². The first-order valence-corrected chi connectivity index (χ1v) is 12.4. The van der Waals surface area contributed by atoms with Gasteiger partial charge in [-0.25, -0.2) is 4.79 Å². The van der Waals surface area contributed by atoms with Crippen LogP contribution in [0.25, 0.3) is 0 Å². The van der Waals surface area contributed by atoms with Crippen molar-refractivity contribution in [2.75, 3.05) is 51.3 Å². The topological polar surface area (TPSA) is 71.1 Å². The second kappa shape index (κ2) is 14.3. The Labute approximate surface area is 224 Å². The number of para-hydroxylation sites is 2. The number of ketones is 1. The zero-order valence-electron chi connectivity index (χ0n) is 21.1. The average Bonchev–Trinajstić information content (AvgIpc) is 2.93. The fourth-order valence-electron chi connectivity index (χ4n) is 4.33. The lowest BCUT2D eigenvalue weighted by molar-refractivity contribution is 0.103. The van der Waals surface area contributed by atoms with Crippen LogP contribution in [0.2, 0.25) is 0 Å². The van der Waals surface area contributed by atoms with Gasteiger partial charge in [-0.15, -0.1) is 12.4 Å². The molecule has 0 unspecified atom stereocenters. The van der Waals surface area contributed by atoms with Crippen LogP contribution in [-0.2, 0) is 0 Å². The molecule has 0 aliphatic carbocycles. The highest BCUT2D eigenvalue weighted by molar-refractivity contribution is 6.09. The van der Waals surface area contributed by atoms with E-state index in [1.54, 1.807) is 43.5 Å². The number of benzene rings is 3. The van der Waals surface area contributed by atoms with E-state index in [1.165, 1.54) is 0 Å². The van der Waals surface area contributed by atoms with E-state index >= 15 is 0 Å². The Balaban J connectivity index is 0.00000380. The first kappa shape index (κ1) is 28.0. The van der Waals surface area contributed by atoms with Gasteiger partial charge < -0.3 is 19.7 Å². The van der Waals surface area contributed by atoms with Gasteiger partial charge >= 0.3 is 6.09 Å². The Kier molecular flexibility index (Phi) is 10.8. The number of hydrogen-bond acceptors (Lipinski definition) is 6. The molecule has 0 radical (unpaired) electrons. The van der Waals surface area contributed by atoms with E-state index in [4.69, 9.17) is 9.47 Å². The van der Waals surface area contributed by atoms with Crippen molar-refractivity contribution in [1.29, 1.82) is 0 Å². The minimum atomic E-state index is -0.484. The molecule has 1 N–H and O–H groups in total. The molecule has 1 aliphatic heterocycles. The lowest BCUT2D eigenvalue weighted by atomic mass is 10.0. The molecule has 3 aromatic carbocycles. The second-order valence-electron chi connectivity index (χ2n) is 8.74. The third-order valence-electron chi connectivity index (χ3n) is 6.33. The molecule has 0 aromatic heterocycles. The van der Waals surface area contributed by atoms with Crippen LogP contribution in [0.5, 0.6) is 11.5 Å². The standard InChI is InChI=1S/C29H33N3O4.ClH/c1-35-27-12-6-5-11-26(27)32-21-19-31(20-22-32)18-8-7-17-30-29(34)36-25-15-13-24(14-16-25)28(33)23-9-3-2-4-10-23;/h2-6,9-16H,7-8,17-22H2,1H3,(H,30,34);1H. The molecule has 4 rings (SSSR count). The molecule has 196 valence electrons. The molecule has 0 bridgehead atoms. The molecular weight excluding hydrogens is 490 g/mol. The van der Waals surface area contributed by atoms with Crippen LogP contribution in [0, 0.1) is 0 Å². The highest BCUT2D eigenvalue weighted by Gasteiger charge is 2.19. The first-order valence-electron chi connectivity index (χ1n) is 12.4. The highest BCUT2D eigenvalue weighted by atomic mass is 35.5. The van der Waals surface area contributed by atoms with Crippen molar-refractivity contribution >= 4 is 30.0 Å². The summed E-state index contributed by atoms with van der Waals surface area (Å²) in [6, 6.07) is 23.9. The molecule has 3 aromatic rings. The SMILES string of the molecule is COc1ccccc1N1CCN(CCCCNC(=O)Oc2ccc(C(=O)c3ccccc3)cc2)CC1.Cl. The Morgan fingerprint density at radius 1 is 0.811 bits per heavy atom. The van der Waals surface area contributed by atoms with Crippen LogP contribution in [-0.4, -0.2) is 63.2 Å². The number of anilines is 1. The molecule has 1 fully saturated rings. The number of ether oxygens (including phenoxy) is 2. The molecule has 1 amide bonds. The molecule has 1 heterocycles. The van der Waals surface area contributed by atoms with Crippen molar-refractivity contribution in [3.8, 4) is 11.5 Å². The third kappa shape index (κ3) is 7.97. The molecule has 1 aliphatic rings. The normalized spacial score (nSPS) is 13.4. The summed E-state index contributed by atoms with van der Waals surface area (Å²) in [6.07, 6.45) is 1.40. The van der Waals surface area contributed by atoms with Crippen LogP contribution >= 0.6 is 12.4 Å². The van der Waals surface area contributed by atoms with Gasteiger partial charge in [-0.1, -0.05) is 42.5 Å². The van der Waals surface area contributed by atoms with E-state index in [9.17, 15) is 9.59 Å². The largest absolute Gasteiger partial charge is 0.495 e. The lowest BCUT2D eigenvalue weighted by Gasteiger charge is -2.36. The van der Waals surface area contributed by atoms with E-state index in [2.05, 4.69) is 21.2 Å². The summed E-state index contributed by atoms with van der Waals surface area (Å²) in [5.41, 5.74) is 2.33. The maximum atomic E-state index is 12.5. The van der Waals surface area contributed by atoms with Gasteiger partial charge in [-0.05, 0) is 55.8 Å². The summed E-state index contributed by atoms with van der Waals surface area (Å²) in [6.45, 7) is 5.53. The predicted molar refractivity (Wildman–Crippen MR) is 148 cm³/mol. The fourth-order valence-corrected chi connectivity index (χ4v) is 4.33. The Morgan fingerprint density at radius 3 is 2.16 bits per heavy atom. The summed E-state index contributed by atoms with van der Waals surface area (Å²) < 4.78 is 10.8. The minimum absolute atomic E-state index is 0. The van der Waals surface area contributed by atoms with E-state index in [-0.39, 0.29) is 18.2 Å². The van der Waals surface area contributed by atoms with E-state index in [0.29, 0.717) is 23.4 Å². The smallest absolute Gasteiger partial charge is 0.412 e. The monoisotopic (exact) mass is 523 g/mol. The Hall–Kier alpha value is -3.55. The van der Waals surface area contributed by atoms with E-state index in [0.717, 1.165) is 57.0 Å². The molecule has 7 nitrogen and oxygen atoms in total. The van der Waals surface area contributed by atoms with Crippen molar-refractivity contribution < 1.29 is 19.1 Å². The van der Waals surface area contributed by atoms with Crippen LogP contribution in [0.1, 0.15) is 28.8 Å². The number of rotatable bonds is 10. The lowest BCUT2D eigenvalue weighted by Crippen LogP contribution is -2.46. The van der Waals surface area contributed by atoms with Gasteiger partial charge in [-0.3, -0.25) is 9.69 Å². The molecule has 37 heavy (non-hydrogen) atoms. The van der Waals surface area contributed by atoms with Crippen molar-refractivity contribution in [3.63, 3.8) is 0 Å². The van der Waals surface area contributed by atoms with Crippen molar-refractivity contribution in [2.24, 2.45) is 0 Å². The van der Waals surface area contributed by atoms with Crippen LogP contribution in [0.15, 0.2) is 78.9 Å². The minimum Gasteiger partial charge on any atom is -0.495 e. The number of amides is 1. The number of piperazine rings is 1. The average molecular weight is 524 g/mol. The Bertz CT molecular complexity index is 1130. The summed E-state index contributed by atoms with van der Waals surface area (Å²) in [4.78, 5) is 29.4. The fraction of sp³-hybridized carbons (Fsp3) is 0.310. The van der Waals surface area contributed by atoms with Gasteiger partial charge in [0.1, 0.15) is 11.5 Å². The molecule has 0 atom stereocenters. The number of nitrogens with zero attached hydrogens (tertiary/aromatic N) is 2. The summed E-state index contributed by atoms with van der Waals surface area (Å²) in [5, 5.41) is 2.80. The maximum Gasteiger partial charge on any atom is 0.412 e. The van der Waals surface area contributed by atoms with Crippen molar-refractivity contribution in [1.82, 2.24) is 10.2 Å². The number of unbranched alkanes of at least 4 members (excludes halogenated alkanes) is 1. The number of hydrogen-bond donors (Lipinski definition) is 1. The van der Waals surface area contributed by atoms with Gasteiger partial charge in [-0.2, -0.15) is 0 Å². The molecule has 8 heteroatoms. The van der Waals surface area contributed by atoms with Crippen molar-refractivity contribution in [3.05, 3.63) is 90.0 Å². The van der Waals surface area contributed by atoms with Gasteiger partial charge in [0.15, 0.2) is 5.78 Å². The summed E-state index contributed by atoms with van der Waals surface area (Å²) >= 11 is 0. The molecular formula is C29H34ClN3O4. The van der Waals surface area contributed by atoms with Crippen LogP contribution < -0.4 is 19.7 Å². The van der Waals surface area contributed by atoms with Gasteiger partial charge in [0.2, 0.25) is 0 Å². The van der Waals surface area contributed by atoms with Gasteiger partial charge in [0.25, 0.3) is 0 Å². The summed E-state index contributed by atoms with van der Waals surface area (Å²) in [5.74, 6) is 1.26. The molecule has 0 saturated carbocycles.